The average molecular weight is 304 g/mol. The van der Waals surface area contributed by atoms with Gasteiger partial charge in [-0.1, -0.05) is 28.9 Å². The number of nitrogens with one attached hydrogen (secondary N) is 1. The third kappa shape index (κ3) is 5.15. The smallest absolute Gasteiger partial charge is 0.124 e. The quantitative estimate of drug-likeness (QED) is 0.835. The topological polar surface area (TPSA) is 21.3 Å². The highest BCUT2D eigenvalue weighted by atomic mass is 79.9. The van der Waals surface area contributed by atoms with Crippen LogP contribution in [0.5, 0.6) is 0 Å². The lowest BCUT2D eigenvalue weighted by atomic mass is 10.1. The van der Waals surface area contributed by atoms with Gasteiger partial charge in [0.05, 0.1) is 6.61 Å². The summed E-state index contributed by atoms with van der Waals surface area (Å²) in [5.74, 6) is -0.208. The molecule has 0 aliphatic carbocycles. The Bertz CT molecular complexity index is 340. The molecule has 1 aromatic rings. The standard InChI is InChI=1S/C13H19BrFNO/c1-3-16-12(9-17-2)7-5-10-4-6-11(15)8-13(10)14/h4,6,8,12,16H,3,5,7,9H2,1-2H3. The van der Waals surface area contributed by atoms with Crippen molar-refractivity contribution in [1.82, 2.24) is 5.32 Å². The van der Waals surface area contributed by atoms with Gasteiger partial charge in [0.15, 0.2) is 0 Å². The molecule has 0 radical (unpaired) electrons. The molecule has 0 aliphatic heterocycles. The van der Waals surface area contributed by atoms with Crippen molar-refractivity contribution in [3.05, 3.63) is 34.1 Å². The van der Waals surface area contributed by atoms with Gasteiger partial charge in [0.1, 0.15) is 5.82 Å². The Kier molecular flexibility index (Phi) is 6.70. The number of benzene rings is 1. The van der Waals surface area contributed by atoms with E-state index in [1.54, 1.807) is 7.11 Å². The third-order valence-corrected chi connectivity index (χ3v) is 3.38. The van der Waals surface area contributed by atoms with E-state index >= 15 is 0 Å². The zero-order valence-corrected chi connectivity index (χ0v) is 11.9. The molecule has 1 rings (SSSR count). The zero-order valence-electron chi connectivity index (χ0n) is 10.3. The van der Waals surface area contributed by atoms with Crippen LogP contribution < -0.4 is 5.32 Å². The zero-order chi connectivity index (χ0) is 12.7. The molecule has 1 unspecified atom stereocenters. The summed E-state index contributed by atoms with van der Waals surface area (Å²) in [6, 6.07) is 5.18. The van der Waals surface area contributed by atoms with Crippen LogP contribution in [0.1, 0.15) is 18.9 Å². The fourth-order valence-corrected chi connectivity index (χ4v) is 2.34. The van der Waals surface area contributed by atoms with Gasteiger partial charge in [-0.2, -0.15) is 0 Å². The van der Waals surface area contributed by atoms with Gasteiger partial charge >= 0.3 is 0 Å². The Hall–Kier alpha value is -0.450. The molecule has 1 aromatic carbocycles. The van der Waals surface area contributed by atoms with E-state index in [1.807, 2.05) is 6.07 Å². The van der Waals surface area contributed by atoms with Gasteiger partial charge in [0, 0.05) is 17.6 Å². The summed E-state index contributed by atoms with van der Waals surface area (Å²) in [5.41, 5.74) is 1.13. The van der Waals surface area contributed by atoms with E-state index in [0.29, 0.717) is 12.6 Å². The molecule has 96 valence electrons. The molecule has 0 aliphatic rings. The maximum Gasteiger partial charge on any atom is 0.124 e. The van der Waals surface area contributed by atoms with Crippen molar-refractivity contribution in [1.29, 1.82) is 0 Å². The lowest BCUT2D eigenvalue weighted by Gasteiger charge is -2.17. The number of rotatable bonds is 7. The summed E-state index contributed by atoms with van der Waals surface area (Å²) < 4.78 is 18.9. The van der Waals surface area contributed by atoms with Crippen molar-refractivity contribution >= 4 is 15.9 Å². The minimum absolute atomic E-state index is 0.208. The van der Waals surface area contributed by atoms with Crippen molar-refractivity contribution in [3.8, 4) is 0 Å². The Morgan fingerprint density at radius 1 is 1.47 bits per heavy atom. The lowest BCUT2D eigenvalue weighted by molar-refractivity contribution is 0.163. The fraction of sp³-hybridized carbons (Fsp3) is 0.538. The van der Waals surface area contributed by atoms with Crippen LogP contribution in [0.3, 0.4) is 0 Å². The molecule has 0 fully saturated rings. The van der Waals surface area contributed by atoms with Crippen molar-refractivity contribution in [2.75, 3.05) is 20.3 Å². The number of ether oxygens (including phenoxy) is 1. The minimum Gasteiger partial charge on any atom is -0.383 e. The first-order valence-corrected chi connectivity index (χ1v) is 6.63. The van der Waals surface area contributed by atoms with Crippen molar-refractivity contribution < 1.29 is 9.13 Å². The van der Waals surface area contributed by atoms with Gasteiger partial charge in [-0.3, -0.25) is 0 Å². The monoisotopic (exact) mass is 303 g/mol. The number of hydrogen-bond donors (Lipinski definition) is 1. The Balaban J connectivity index is 2.52. The van der Waals surface area contributed by atoms with Crippen LogP contribution in [0.15, 0.2) is 22.7 Å². The predicted octanol–water partition coefficient (Wildman–Crippen LogP) is 3.15. The van der Waals surface area contributed by atoms with Gasteiger partial charge in [-0.05, 0) is 37.1 Å². The molecule has 0 saturated heterocycles. The summed E-state index contributed by atoms with van der Waals surface area (Å²) in [7, 11) is 1.71. The van der Waals surface area contributed by atoms with E-state index < -0.39 is 0 Å². The first-order chi connectivity index (χ1) is 8.17. The molecular formula is C13H19BrFNO. The summed E-state index contributed by atoms with van der Waals surface area (Å²) in [4.78, 5) is 0. The molecule has 0 aromatic heterocycles. The summed E-state index contributed by atoms with van der Waals surface area (Å²) in [6.07, 6.45) is 1.88. The minimum atomic E-state index is -0.208. The van der Waals surface area contributed by atoms with E-state index in [9.17, 15) is 4.39 Å². The van der Waals surface area contributed by atoms with Crippen molar-refractivity contribution in [2.24, 2.45) is 0 Å². The molecule has 1 N–H and O–H groups in total. The normalized spacial score (nSPS) is 12.7. The van der Waals surface area contributed by atoms with Gasteiger partial charge in [0.2, 0.25) is 0 Å². The SMILES string of the molecule is CCNC(CCc1ccc(F)cc1Br)COC. The fourth-order valence-electron chi connectivity index (χ4n) is 1.79. The molecule has 1 atom stereocenters. The number of methoxy groups -OCH3 is 1. The second kappa shape index (κ2) is 7.80. The van der Waals surface area contributed by atoms with Crippen LogP contribution in [0.4, 0.5) is 4.39 Å². The molecule has 0 bridgehead atoms. The molecular weight excluding hydrogens is 285 g/mol. The predicted molar refractivity (Wildman–Crippen MR) is 71.8 cm³/mol. The van der Waals surface area contributed by atoms with Crippen LogP contribution in [-0.4, -0.2) is 26.3 Å². The molecule has 0 heterocycles. The van der Waals surface area contributed by atoms with Crippen molar-refractivity contribution in [3.63, 3.8) is 0 Å². The van der Waals surface area contributed by atoms with Crippen molar-refractivity contribution in [2.45, 2.75) is 25.8 Å². The van der Waals surface area contributed by atoms with Gasteiger partial charge < -0.3 is 10.1 Å². The lowest BCUT2D eigenvalue weighted by Crippen LogP contribution is -2.33. The van der Waals surface area contributed by atoms with Crippen LogP contribution in [0, 0.1) is 5.82 Å². The first kappa shape index (κ1) is 14.6. The Labute approximate surface area is 111 Å². The van der Waals surface area contributed by atoms with Gasteiger partial charge in [-0.25, -0.2) is 4.39 Å². The highest BCUT2D eigenvalue weighted by Crippen LogP contribution is 2.19. The summed E-state index contributed by atoms with van der Waals surface area (Å²) in [6.45, 7) is 3.71. The van der Waals surface area contributed by atoms with E-state index in [-0.39, 0.29) is 5.82 Å². The van der Waals surface area contributed by atoms with Crippen LogP contribution in [0.25, 0.3) is 0 Å². The highest BCUT2D eigenvalue weighted by molar-refractivity contribution is 9.10. The van der Waals surface area contributed by atoms with E-state index in [1.165, 1.54) is 12.1 Å². The van der Waals surface area contributed by atoms with Crippen LogP contribution in [-0.2, 0) is 11.2 Å². The van der Waals surface area contributed by atoms with Gasteiger partial charge in [-0.15, -0.1) is 0 Å². The maximum absolute atomic E-state index is 12.9. The van der Waals surface area contributed by atoms with E-state index in [2.05, 4.69) is 28.2 Å². The maximum atomic E-state index is 12.9. The largest absolute Gasteiger partial charge is 0.383 e. The molecule has 4 heteroatoms. The number of hydrogen-bond acceptors (Lipinski definition) is 2. The van der Waals surface area contributed by atoms with Crippen LogP contribution in [0.2, 0.25) is 0 Å². The molecule has 0 amide bonds. The molecule has 17 heavy (non-hydrogen) atoms. The van der Waals surface area contributed by atoms with Gasteiger partial charge in [0.25, 0.3) is 0 Å². The Morgan fingerprint density at radius 2 is 2.24 bits per heavy atom. The first-order valence-electron chi connectivity index (χ1n) is 5.83. The van der Waals surface area contributed by atoms with E-state index in [0.717, 1.165) is 29.4 Å². The Morgan fingerprint density at radius 3 is 2.82 bits per heavy atom. The number of likely N-dealkylation sites (N-methyl/N-ethyl adjacent to an activating group) is 1. The third-order valence-electron chi connectivity index (χ3n) is 2.64. The summed E-state index contributed by atoms with van der Waals surface area (Å²) >= 11 is 3.38. The number of halogens is 2. The second-order valence-electron chi connectivity index (χ2n) is 3.98. The number of aryl methyl sites for hydroxylation is 1. The average Bonchev–Trinajstić information content (AvgIpc) is 2.28. The second-order valence-corrected chi connectivity index (χ2v) is 4.84. The van der Waals surface area contributed by atoms with E-state index in [4.69, 9.17) is 4.74 Å². The highest BCUT2D eigenvalue weighted by Gasteiger charge is 2.08. The molecule has 2 nitrogen and oxygen atoms in total. The molecule has 0 spiro atoms. The molecule has 0 saturated carbocycles. The summed E-state index contributed by atoms with van der Waals surface area (Å²) in [5, 5.41) is 3.37. The van der Waals surface area contributed by atoms with Crippen LogP contribution >= 0.6 is 15.9 Å².